The van der Waals surface area contributed by atoms with Crippen LogP contribution < -0.4 is 24.5 Å². The number of benzene rings is 3. The van der Waals surface area contributed by atoms with E-state index in [2.05, 4.69) is 0 Å². The summed E-state index contributed by atoms with van der Waals surface area (Å²) in [4.78, 5) is 18.4. The second kappa shape index (κ2) is 10.1. The van der Waals surface area contributed by atoms with Crippen LogP contribution in [0.3, 0.4) is 0 Å². The van der Waals surface area contributed by atoms with Gasteiger partial charge in [-0.3, -0.25) is 9.36 Å². The molecule has 0 radical (unpaired) electrons. The zero-order valence-corrected chi connectivity index (χ0v) is 20.2. The van der Waals surface area contributed by atoms with Gasteiger partial charge in [0.1, 0.15) is 11.6 Å². The number of hydrogen-bond acceptors (Lipinski definition) is 6. The van der Waals surface area contributed by atoms with Crippen molar-refractivity contribution in [2.24, 2.45) is 0 Å². The maximum absolute atomic E-state index is 13.6. The SMILES string of the molecule is COc1ccc(CCn2c(-c3ccc(OC)c(OC)c3OC)nc3cc(Cl)ccc3c2=O)cc1. The number of rotatable bonds is 8. The van der Waals surface area contributed by atoms with E-state index in [1.807, 2.05) is 30.3 Å². The predicted molar refractivity (Wildman–Crippen MR) is 133 cm³/mol. The summed E-state index contributed by atoms with van der Waals surface area (Å²) in [6, 6.07) is 16.4. The van der Waals surface area contributed by atoms with Crippen LogP contribution >= 0.6 is 11.6 Å². The van der Waals surface area contributed by atoms with Crippen molar-refractivity contribution in [1.82, 2.24) is 9.55 Å². The van der Waals surface area contributed by atoms with Crippen LogP contribution in [0.4, 0.5) is 0 Å². The van der Waals surface area contributed by atoms with Gasteiger partial charge in [-0.1, -0.05) is 23.7 Å². The van der Waals surface area contributed by atoms with Crippen molar-refractivity contribution in [3.05, 3.63) is 75.5 Å². The van der Waals surface area contributed by atoms with Crippen molar-refractivity contribution in [2.75, 3.05) is 28.4 Å². The highest BCUT2D eigenvalue weighted by molar-refractivity contribution is 6.31. The van der Waals surface area contributed by atoms with Gasteiger partial charge in [0, 0.05) is 11.6 Å². The summed E-state index contributed by atoms with van der Waals surface area (Å²) in [5.41, 5.74) is 2.01. The standard InChI is InChI=1S/C26H25ClN2O5/c1-31-18-8-5-16(6-9-18)13-14-29-25(28-21-15-17(27)7-10-19(21)26(29)30)20-11-12-22(32-2)24(34-4)23(20)33-3/h5-12,15H,13-14H2,1-4H3. The third-order valence-corrected chi connectivity index (χ3v) is 5.88. The Morgan fingerprint density at radius 2 is 1.59 bits per heavy atom. The molecular formula is C26H25ClN2O5. The Morgan fingerprint density at radius 1 is 0.853 bits per heavy atom. The molecule has 0 unspecified atom stereocenters. The average Bonchev–Trinajstić information content (AvgIpc) is 2.87. The summed E-state index contributed by atoms with van der Waals surface area (Å²) in [5.74, 6) is 2.59. The number of ether oxygens (including phenoxy) is 4. The minimum atomic E-state index is -0.165. The van der Waals surface area contributed by atoms with E-state index in [4.69, 9.17) is 35.5 Å². The summed E-state index contributed by atoms with van der Waals surface area (Å²) < 4.78 is 23.5. The van der Waals surface area contributed by atoms with Gasteiger partial charge in [0.2, 0.25) is 5.75 Å². The van der Waals surface area contributed by atoms with Crippen molar-refractivity contribution < 1.29 is 18.9 Å². The fourth-order valence-corrected chi connectivity index (χ4v) is 4.08. The molecule has 0 aliphatic heterocycles. The minimum absolute atomic E-state index is 0.165. The van der Waals surface area contributed by atoms with E-state index in [0.29, 0.717) is 57.5 Å². The lowest BCUT2D eigenvalue weighted by molar-refractivity contribution is 0.325. The first-order valence-electron chi connectivity index (χ1n) is 10.6. The van der Waals surface area contributed by atoms with Gasteiger partial charge >= 0.3 is 0 Å². The number of aryl methyl sites for hydroxylation is 1. The van der Waals surface area contributed by atoms with Crippen LogP contribution in [0.25, 0.3) is 22.3 Å². The number of aromatic nitrogens is 2. The fourth-order valence-electron chi connectivity index (χ4n) is 3.92. The minimum Gasteiger partial charge on any atom is -0.497 e. The molecule has 3 aromatic carbocycles. The monoisotopic (exact) mass is 480 g/mol. The lowest BCUT2D eigenvalue weighted by atomic mass is 10.1. The van der Waals surface area contributed by atoms with Gasteiger partial charge in [0.15, 0.2) is 11.5 Å². The first kappa shape index (κ1) is 23.4. The van der Waals surface area contributed by atoms with Crippen molar-refractivity contribution in [2.45, 2.75) is 13.0 Å². The summed E-state index contributed by atoms with van der Waals surface area (Å²) in [7, 11) is 6.26. The zero-order chi connectivity index (χ0) is 24.2. The highest BCUT2D eigenvalue weighted by Crippen LogP contribution is 2.43. The molecule has 0 bridgehead atoms. The first-order valence-corrected chi connectivity index (χ1v) is 11.0. The van der Waals surface area contributed by atoms with E-state index >= 15 is 0 Å². The largest absolute Gasteiger partial charge is 0.497 e. The Bertz CT molecular complexity index is 1380. The third-order valence-electron chi connectivity index (χ3n) is 5.65. The van der Waals surface area contributed by atoms with E-state index in [1.54, 1.807) is 50.2 Å². The molecule has 0 saturated heterocycles. The van der Waals surface area contributed by atoms with Crippen LogP contribution in [0.15, 0.2) is 59.4 Å². The quantitative estimate of drug-likeness (QED) is 0.353. The predicted octanol–water partition coefficient (Wildman–Crippen LogP) is 4.99. The fraction of sp³-hybridized carbons (Fsp3) is 0.231. The zero-order valence-electron chi connectivity index (χ0n) is 19.4. The average molecular weight is 481 g/mol. The Labute approximate surface area is 202 Å². The molecule has 0 aliphatic carbocycles. The Morgan fingerprint density at radius 3 is 2.24 bits per heavy atom. The van der Waals surface area contributed by atoms with Gasteiger partial charge in [-0.25, -0.2) is 4.98 Å². The maximum atomic E-state index is 13.6. The van der Waals surface area contributed by atoms with Crippen LogP contribution in [0.1, 0.15) is 5.56 Å². The molecular weight excluding hydrogens is 456 g/mol. The molecule has 7 nitrogen and oxygen atoms in total. The number of halogens is 1. The smallest absolute Gasteiger partial charge is 0.261 e. The van der Waals surface area contributed by atoms with Crippen LogP contribution in [0.2, 0.25) is 5.02 Å². The highest BCUT2D eigenvalue weighted by atomic mass is 35.5. The molecule has 0 aliphatic rings. The second-order valence-corrected chi connectivity index (χ2v) is 7.97. The molecule has 0 saturated carbocycles. The molecule has 1 aromatic heterocycles. The van der Waals surface area contributed by atoms with E-state index in [0.717, 1.165) is 11.3 Å². The molecule has 0 amide bonds. The normalized spacial score (nSPS) is 10.9. The number of nitrogens with zero attached hydrogens (tertiary/aromatic N) is 2. The number of hydrogen-bond donors (Lipinski definition) is 0. The van der Waals surface area contributed by atoms with Crippen LogP contribution in [-0.2, 0) is 13.0 Å². The van der Waals surface area contributed by atoms with E-state index in [-0.39, 0.29) is 5.56 Å². The van der Waals surface area contributed by atoms with Crippen LogP contribution in [0, 0.1) is 0 Å². The molecule has 1 heterocycles. The van der Waals surface area contributed by atoms with Gasteiger partial charge < -0.3 is 18.9 Å². The molecule has 0 atom stereocenters. The molecule has 4 rings (SSSR count). The van der Waals surface area contributed by atoms with E-state index in [9.17, 15) is 4.79 Å². The van der Waals surface area contributed by atoms with Crippen molar-refractivity contribution in [3.63, 3.8) is 0 Å². The molecule has 0 spiro atoms. The van der Waals surface area contributed by atoms with E-state index in [1.165, 1.54) is 7.11 Å². The summed E-state index contributed by atoms with van der Waals surface area (Å²) >= 11 is 6.20. The van der Waals surface area contributed by atoms with Crippen molar-refractivity contribution >= 4 is 22.5 Å². The van der Waals surface area contributed by atoms with Crippen LogP contribution in [0.5, 0.6) is 23.0 Å². The lowest BCUT2D eigenvalue weighted by Gasteiger charge is -2.19. The molecule has 8 heteroatoms. The number of methoxy groups -OCH3 is 4. The molecule has 0 N–H and O–H groups in total. The molecule has 34 heavy (non-hydrogen) atoms. The summed E-state index contributed by atoms with van der Waals surface area (Å²) in [6.45, 7) is 0.406. The summed E-state index contributed by atoms with van der Waals surface area (Å²) in [6.07, 6.45) is 0.618. The molecule has 0 fully saturated rings. The topological polar surface area (TPSA) is 71.8 Å². The van der Waals surface area contributed by atoms with E-state index < -0.39 is 0 Å². The highest BCUT2D eigenvalue weighted by Gasteiger charge is 2.22. The van der Waals surface area contributed by atoms with Gasteiger partial charge in [-0.05, 0) is 54.4 Å². The third kappa shape index (κ3) is 4.39. The maximum Gasteiger partial charge on any atom is 0.261 e. The Hall–Kier alpha value is -3.71. The summed E-state index contributed by atoms with van der Waals surface area (Å²) in [5, 5.41) is 0.989. The first-order chi connectivity index (χ1) is 16.5. The molecule has 4 aromatic rings. The van der Waals surface area contributed by atoms with Crippen molar-refractivity contribution in [3.8, 4) is 34.4 Å². The van der Waals surface area contributed by atoms with Gasteiger partial charge in [0.25, 0.3) is 5.56 Å². The Kier molecular flexibility index (Phi) is 6.93. The lowest BCUT2D eigenvalue weighted by Crippen LogP contribution is -2.24. The van der Waals surface area contributed by atoms with Gasteiger partial charge in [-0.2, -0.15) is 0 Å². The van der Waals surface area contributed by atoms with Crippen LogP contribution in [-0.4, -0.2) is 38.0 Å². The molecule has 176 valence electrons. The van der Waals surface area contributed by atoms with Gasteiger partial charge in [0.05, 0.1) is 44.9 Å². The van der Waals surface area contributed by atoms with Crippen molar-refractivity contribution in [1.29, 1.82) is 0 Å². The second-order valence-electron chi connectivity index (χ2n) is 7.53. The number of fused-ring (bicyclic) bond motifs is 1. The Balaban J connectivity index is 1.90. The van der Waals surface area contributed by atoms with Gasteiger partial charge in [-0.15, -0.1) is 0 Å².